The second kappa shape index (κ2) is 6.40. The number of amides is 1. The summed E-state index contributed by atoms with van der Waals surface area (Å²) in [5.41, 5.74) is 7.05. The highest BCUT2D eigenvalue weighted by Crippen LogP contribution is 2.33. The molecule has 0 atom stereocenters. The zero-order valence-corrected chi connectivity index (χ0v) is 10.9. The monoisotopic (exact) mass is 266 g/mol. The predicted octanol–water partition coefficient (Wildman–Crippen LogP) is 0.657. The number of rotatable bonds is 6. The Labute approximate surface area is 112 Å². The number of fused-ring (bicyclic) bond motifs is 1. The van der Waals surface area contributed by atoms with E-state index in [0.29, 0.717) is 37.8 Å². The lowest BCUT2D eigenvalue weighted by molar-refractivity contribution is -0.121. The number of nitrogens with zero attached hydrogens (tertiary/aromatic N) is 1. The van der Waals surface area contributed by atoms with Gasteiger partial charge in [-0.25, -0.2) is 0 Å². The van der Waals surface area contributed by atoms with Gasteiger partial charge in [0.15, 0.2) is 6.61 Å². The van der Waals surface area contributed by atoms with Crippen molar-refractivity contribution in [1.29, 1.82) is 0 Å². The fourth-order valence-corrected chi connectivity index (χ4v) is 1.87. The molecule has 1 aromatic rings. The fourth-order valence-electron chi connectivity index (χ4n) is 1.87. The molecule has 0 radical (unpaired) electrons. The zero-order valence-electron chi connectivity index (χ0n) is 10.9. The molecule has 1 aromatic carbocycles. The first-order valence-corrected chi connectivity index (χ1v) is 6.11. The maximum Gasteiger partial charge on any atom is 0.265 e. The van der Waals surface area contributed by atoms with Crippen LogP contribution in [0.4, 0.5) is 11.4 Å². The van der Waals surface area contributed by atoms with E-state index in [0.717, 1.165) is 5.69 Å². The lowest BCUT2D eigenvalue weighted by Gasteiger charge is -2.29. The standard InChI is InChI=1S/C13H18N2O4/c1-17-6-7-18-5-4-15-11-3-2-10(14)8-12(11)19-9-13(15)16/h2-3,8H,4-7,9,14H2,1H3. The van der Waals surface area contributed by atoms with Gasteiger partial charge < -0.3 is 24.8 Å². The van der Waals surface area contributed by atoms with Crippen LogP contribution in [0.3, 0.4) is 0 Å². The van der Waals surface area contributed by atoms with Crippen LogP contribution in [0.2, 0.25) is 0 Å². The Morgan fingerprint density at radius 1 is 1.37 bits per heavy atom. The first-order chi connectivity index (χ1) is 9.22. The molecule has 1 aliphatic heterocycles. The third-order valence-electron chi connectivity index (χ3n) is 2.82. The maximum absolute atomic E-state index is 11.9. The number of anilines is 2. The van der Waals surface area contributed by atoms with E-state index in [-0.39, 0.29) is 12.5 Å². The molecule has 0 aromatic heterocycles. The summed E-state index contributed by atoms with van der Waals surface area (Å²) in [6.45, 7) is 2.05. The molecule has 0 spiro atoms. The zero-order chi connectivity index (χ0) is 13.7. The number of hydrogen-bond acceptors (Lipinski definition) is 5. The van der Waals surface area contributed by atoms with E-state index in [1.54, 1.807) is 30.2 Å². The smallest absolute Gasteiger partial charge is 0.265 e. The van der Waals surface area contributed by atoms with E-state index in [1.807, 2.05) is 0 Å². The Hall–Kier alpha value is -1.79. The molecule has 2 N–H and O–H groups in total. The molecule has 6 nitrogen and oxygen atoms in total. The van der Waals surface area contributed by atoms with Crippen molar-refractivity contribution in [3.05, 3.63) is 18.2 Å². The van der Waals surface area contributed by atoms with Gasteiger partial charge in [-0.3, -0.25) is 4.79 Å². The third kappa shape index (κ3) is 3.36. The van der Waals surface area contributed by atoms with Crippen molar-refractivity contribution in [3.63, 3.8) is 0 Å². The molecule has 2 rings (SSSR count). The Kier molecular flexibility index (Phi) is 4.59. The number of benzene rings is 1. The highest BCUT2D eigenvalue weighted by atomic mass is 16.5. The van der Waals surface area contributed by atoms with Gasteiger partial charge in [-0.15, -0.1) is 0 Å². The minimum absolute atomic E-state index is 0.0362. The van der Waals surface area contributed by atoms with Crippen LogP contribution in [0, 0.1) is 0 Å². The van der Waals surface area contributed by atoms with Crippen molar-refractivity contribution in [3.8, 4) is 5.75 Å². The van der Waals surface area contributed by atoms with Crippen LogP contribution < -0.4 is 15.4 Å². The molecule has 0 fully saturated rings. The number of nitrogens with two attached hydrogens (primary N) is 1. The summed E-state index contributed by atoms with van der Waals surface area (Å²) in [6, 6.07) is 5.26. The van der Waals surface area contributed by atoms with Crippen LogP contribution in [-0.2, 0) is 14.3 Å². The van der Waals surface area contributed by atoms with E-state index in [4.69, 9.17) is 19.9 Å². The predicted molar refractivity (Wildman–Crippen MR) is 71.4 cm³/mol. The summed E-state index contributed by atoms with van der Waals surface area (Å²) >= 11 is 0. The van der Waals surface area contributed by atoms with Gasteiger partial charge in [0.25, 0.3) is 5.91 Å². The second-order valence-electron chi connectivity index (χ2n) is 4.17. The molecule has 0 saturated carbocycles. The Morgan fingerprint density at radius 2 is 2.21 bits per heavy atom. The Bertz CT molecular complexity index is 450. The number of carbonyl (C=O) groups is 1. The molecule has 1 amide bonds. The number of hydrogen-bond donors (Lipinski definition) is 1. The lowest BCUT2D eigenvalue weighted by atomic mass is 10.2. The highest BCUT2D eigenvalue weighted by molar-refractivity contribution is 5.98. The Morgan fingerprint density at radius 3 is 3.00 bits per heavy atom. The van der Waals surface area contributed by atoms with Gasteiger partial charge in [0, 0.05) is 25.4 Å². The summed E-state index contributed by atoms with van der Waals surface area (Å²) in [6.07, 6.45) is 0. The van der Waals surface area contributed by atoms with Crippen LogP contribution in [0.25, 0.3) is 0 Å². The quantitative estimate of drug-likeness (QED) is 0.604. The first-order valence-electron chi connectivity index (χ1n) is 6.11. The van der Waals surface area contributed by atoms with E-state index < -0.39 is 0 Å². The molecule has 0 aliphatic carbocycles. The maximum atomic E-state index is 11.9. The molecule has 0 unspecified atom stereocenters. The fraction of sp³-hybridized carbons (Fsp3) is 0.462. The molecule has 19 heavy (non-hydrogen) atoms. The van der Waals surface area contributed by atoms with Gasteiger partial charge in [0.05, 0.1) is 25.5 Å². The molecule has 0 saturated heterocycles. The molecule has 1 heterocycles. The van der Waals surface area contributed by atoms with Gasteiger partial charge in [0.1, 0.15) is 5.75 Å². The van der Waals surface area contributed by atoms with Gasteiger partial charge in [-0.05, 0) is 12.1 Å². The normalized spacial score (nSPS) is 14.2. The number of nitrogen functional groups attached to an aromatic ring is 1. The molecule has 0 bridgehead atoms. The first kappa shape index (κ1) is 13.6. The molecule has 104 valence electrons. The SMILES string of the molecule is COCCOCCN1C(=O)COc2cc(N)ccc21. The van der Waals surface area contributed by atoms with Crippen LogP contribution in [0.5, 0.6) is 5.75 Å². The minimum atomic E-state index is -0.0763. The summed E-state index contributed by atoms with van der Waals surface area (Å²) in [4.78, 5) is 13.5. The van der Waals surface area contributed by atoms with Crippen LogP contribution in [0.1, 0.15) is 0 Å². The van der Waals surface area contributed by atoms with Crippen molar-refractivity contribution >= 4 is 17.3 Å². The lowest BCUT2D eigenvalue weighted by Crippen LogP contribution is -2.40. The Balaban J connectivity index is 1.98. The van der Waals surface area contributed by atoms with Crippen molar-refractivity contribution in [2.75, 3.05) is 50.7 Å². The molecule has 1 aliphatic rings. The summed E-state index contributed by atoms with van der Waals surface area (Å²) in [5.74, 6) is 0.559. The molecule has 6 heteroatoms. The summed E-state index contributed by atoms with van der Waals surface area (Å²) in [7, 11) is 1.62. The minimum Gasteiger partial charge on any atom is -0.481 e. The van der Waals surface area contributed by atoms with Crippen molar-refractivity contribution < 1.29 is 19.0 Å². The second-order valence-corrected chi connectivity index (χ2v) is 4.17. The average molecular weight is 266 g/mol. The van der Waals surface area contributed by atoms with E-state index in [1.165, 1.54) is 0 Å². The van der Waals surface area contributed by atoms with E-state index in [9.17, 15) is 4.79 Å². The summed E-state index contributed by atoms with van der Waals surface area (Å²) in [5, 5.41) is 0. The average Bonchev–Trinajstić information content (AvgIpc) is 2.41. The van der Waals surface area contributed by atoms with Crippen LogP contribution >= 0.6 is 0 Å². The molecular weight excluding hydrogens is 248 g/mol. The van der Waals surface area contributed by atoms with Crippen LogP contribution in [-0.4, -0.2) is 46.0 Å². The van der Waals surface area contributed by atoms with E-state index in [2.05, 4.69) is 0 Å². The number of carbonyl (C=O) groups excluding carboxylic acids is 1. The topological polar surface area (TPSA) is 74.0 Å². The van der Waals surface area contributed by atoms with E-state index >= 15 is 0 Å². The van der Waals surface area contributed by atoms with Crippen molar-refractivity contribution in [1.82, 2.24) is 0 Å². The molecular formula is C13H18N2O4. The van der Waals surface area contributed by atoms with Crippen molar-refractivity contribution in [2.24, 2.45) is 0 Å². The van der Waals surface area contributed by atoms with Gasteiger partial charge in [-0.2, -0.15) is 0 Å². The van der Waals surface area contributed by atoms with Gasteiger partial charge in [-0.1, -0.05) is 0 Å². The van der Waals surface area contributed by atoms with Crippen LogP contribution in [0.15, 0.2) is 18.2 Å². The number of methoxy groups -OCH3 is 1. The van der Waals surface area contributed by atoms with Gasteiger partial charge >= 0.3 is 0 Å². The van der Waals surface area contributed by atoms with Crippen molar-refractivity contribution in [2.45, 2.75) is 0 Å². The summed E-state index contributed by atoms with van der Waals surface area (Å²) < 4.78 is 15.6. The largest absolute Gasteiger partial charge is 0.481 e. The third-order valence-corrected chi connectivity index (χ3v) is 2.82. The van der Waals surface area contributed by atoms with Gasteiger partial charge in [0.2, 0.25) is 0 Å². The number of ether oxygens (including phenoxy) is 3. The highest BCUT2D eigenvalue weighted by Gasteiger charge is 2.25.